The van der Waals surface area contributed by atoms with Gasteiger partial charge in [-0.15, -0.1) is 0 Å². The van der Waals surface area contributed by atoms with Crippen LogP contribution in [0.2, 0.25) is 5.02 Å². The summed E-state index contributed by atoms with van der Waals surface area (Å²) in [5.41, 5.74) is 6.90. The van der Waals surface area contributed by atoms with E-state index in [1.54, 1.807) is 18.2 Å². The fraction of sp³-hybridized carbons (Fsp3) is 0.533. The van der Waals surface area contributed by atoms with Gasteiger partial charge in [0.1, 0.15) is 0 Å². The summed E-state index contributed by atoms with van der Waals surface area (Å²) in [5, 5.41) is 0.463. The predicted molar refractivity (Wildman–Crippen MR) is 77.3 cm³/mol. The number of carbonyl (C=O) groups is 1. The smallest absolute Gasteiger partial charge is 0.257 e. The minimum absolute atomic E-state index is 0.0136. The lowest BCUT2D eigenvalue weighted by Gasteiger charge is -2.38. The highest BCUT2D eigenvalue weighted by atomic mass is 35.5. The Morgan fingerprint density at radius 1 is 1.26 bits per heavy atom. The van der Waals surface area contributed by atoms with Gasteiger partial charge in [-0.2, -0.15) is 0 Å². The number of nitrogen functional groups attached to an aromatic ring is 1. The van der Waals surface area contributed by atoms with Crippen LogP contribution in [0.5, 0.6) is 0 Å². The second kappa shape index (κ2) is 5.04. The molecule has 2 aliphatic rings. The molecule has 102 valence electrons. The molecule has 3 nitrogen and oxygen atoms in total. The monoisotopic (exact) mass is 278 g/mol. The molecule has 1 amide bonds. The van der Waals surface area contributed by atoms with Crippen LogP contribution in [0.25, 0.3) is 0 Å². The Balaban J connectivity index is 1.91. The van der Waals surface area contributed by atoms with E-state index < -0.39 is 0 Å². The lowest BCUT2D eigenvalue weighted by molar-refractivity contribution is 0.0549. The van der Waals surface area contributed by atoms with Crippen LogP contribution in [0.15, 0.2) is 18.2 Å². The van der Waals surface area contributed by atoms with Crippen LogP contribution in [0.4, 0.5) is 5.69 Å². The Morgan fingerprint density at radius 2 is 2.05 bits per heavy atom. The number of anilines is 1. The van der Waals surface area contributed by atoms with Crippen molar-refractivity contribution in [2.24, 2.45) is 5.92 Å². The number of likely N-dealkylation sites (tertiary alicyclic amines) is 1. The minimum Gasteiger partial charge on any atom is -0.398 e. The van der Waals surface area contributed by atoms with Crippen molar-refractivity contribution in [1.82, 2.24) is 4.90 Å². The SMILES string of the molecule is Nc1cccc(Cl)c1C(=O)N1CCCC2CCCC21. The van der Waals surface area contributed by atoms with Gasteiger partial charge in [-0.3, -0.25) is 4.79 Å². The molecule has 0 spiro atoms. The van der Waals surface area contributed by atoms with E-state index in [1.807, 2.05) is 4.90 Å². The quantitative estimate of drug-likeness (QED) is 0.801. The molecular weight excluding hydrogens is 260 g/mol. The van der Waals surface area contributed by atoms with E-state index in [0.29, 0.717) is 28.2 Å². The minimum atomic E-state index is 0.0136. The van der Waals surface area contributed by atoms with Gasteiger partial charge in [-0.1, -0.05) is 24.1 Å². The Bertz CT molecular complexity index is 483. The maximum Gasteiger partial charge on any atom is 0.257 e. The van der Waals surface area contributed by atoms with Crippen LogP contribution in [0.3, 0.4) is 0 Å². The van der Waals surface area contributed by atoms with Crippen molar-refractivity contribution in [3.63, 3.8) is 0 Å². The summed E-state index contributed by atoms with van der Waals surface area (Å²) in [7, 11) is 0. The van der Waals surface area contributed by atoms with Gasteiger partial charge in [-0.25, -0.2) is 0 Å². The third-order valence-electron chi connectivity index (χ3n) is 4.51. The number of fused-ring (bicyclic) bond motifs is 1. The molecule has 2 fully saturated rings. The topological polar surface area (TPSA) is 46.3 Å². The molecule has 2 atom stereocenters. The van der Waals surface area contributed by atoms with Crippen molar-refractivity contribution < 1.29 is 4.79 Å². The van der Waals surface area contributed by atoms with E-state index in [1.165, 1.54) is 19.3 Å². The van der Waals surface area contributed by atoms with Crippen molar-refractivity contribution in [2.45, 2.75) is 38.1 Å². The summed E-state index contributed by atoms with van der Waals surface area (Å²) in [5.74, 6) is 0.695. The maximum absolute atomic E-state index is 12.7. The fourth-order valence-corrected chi connectivity index (χ4v) is 3.88. The van der Waals surface area contributed by atoms with Gasteiger partial charge in [0.05, 0.1) is 10.6 Å². The van der Waals surface area contributed by atoms with Crippen molar-refractivity contribution in [2.75, 3.05) is 12.3 Å². The van der Waals surface area contributed by atoms with E-state index in [2.05, 4.69) is 0 Å². The zero-order valence-electron chi connectivity index (χ0n) is 10.9. The first-order chi connectivity index (χ1) is 9.18. The first kappa shape index (κ1) is 12.8. The first-order valence-electron chi connectivity index (χ1n) is 7.03. The van der Waals surface area contributed by atoms with E-state index in [9.17, 15) is 4.79 Å². The van der Waals surface area contributed by atoms with E-state index in [4.69, 9.17) is 17.3 Å². The van der Waals surface area contributed by atoms with Gasteiger partial charge in [0.15, 0.2) is 0 Å². The lowest BCUT2D eigenvalue weighted by atomic mass is 9.91. The fourth-order valence-electron chi connectivity index (χ4n) is 3.62. The molecule has 1 saturated carbocycles. The van der Waals surface area contributed by atoms with Crippen molar-refractivity contribution in [3.05, 3.63) is 28.8 Å². The van der Waals surface area contributed by atoms with Gasteiger partial charge >= 0.3 is 0 Å². The number of rotatable bonds is 1. The van der Waals surface area contributed by atoms with Crippen LogP contribution >= 0.6 is 11.6 Å². The number of nitrogens with two attached hydrogens (primary N) is 1. The Labute approximate surface area is 118 Å². The average Bonchev–Trinajstić information content (AvgIpc) is 2.86. The Morgan fingerprint density at radius 3 is 2.84 bits per heavy atom. The predicted octanol–water partition coefficient (Wildman–Crippen LogP) is 3.33. The van der Waals surface area contributed by atoms with Crippen LogP contribution < -0.4 is 5.73 Å². The van der Waals surface area contributed by atoms with E-state index >= 15 is 0 Å². The van der Waals surface area contributed by atoms with Crippen LogP contribution in [0, 0.1) is 5.92 Å². The highest BCUT2D eigenvalue weighted by molar-refractivity contribution is 6.34. The molecule has 1 aliphatic carbocycles. The van der Waals surface area contributed by atoms with Gasteiger partial charge in [0.25, 0.3) is 5.91 Å². The Kier molecular flexibility index (Phi) is 3.40. The molecule has 0 aromatic heterocycles. The normalized spacial score (nSPS) is 26.3. The summed E-state index contributed by atoms with van der Waals surface area (Å²) in [6, 6.07) is 5.66. The van der Waals surface area contributed by atoms with Crippen molar-refractivity contribution in [1.29, 1.82) is 0 Å². The zero-order chi connectivity index (χ0) is 13.4. The van der Waals surface area contributed by atoms with Crippen LogP contribution in [-0.2, 0) is 0 Å². The molecule has 1 aliphatic heterocycles. The molecule has 2 N–H and O–H groups in total. The largest absolute Gasteiger partial charge is 0.398 e. The lowest BCUT2D eigenvalue weighted by Crippen LogP contribution is -2.46. The first-order valence-corrected chi connectivity index (χ1v) is 7.41. The average molecular weight is 279 g/mol. The number of piperidine rings is 1. The molecule has 1 aromatic rings. The summed E-state index contributed by atoms with van der Waals surface area (Å²) < 4.78 is 0. The van der Waals surface area contributed by atoms with Crippen LogP contribution in [-0.4, -0.2) is 23.4 Å². The second-order valence-corrected chi connectivity index (χ2v) is 6.01. The molecule has 1 saturated heterocycles. The third-order valence-corrected chi connectivity index (χ3v) is 4.83. The van der Waals surface area contributed by atoms with E-state index in [0.717, 1.165) is 19.4 Å². The molecule has 1 aromatic carbocycles. The summed E-state index contributed by atoms with van der Waals surface area (Å²) in [4.78, 5) is 14.8. The molecular formula is C15H19ClN2O. The molecule has 0 bridgehead atoms. The summed E-state index contributed by atoms with van der Waals surface area (Å²) in [6.07, 6.45) is 5.97. The number of hydrogen-bond acceptors (Lipinski definition) is 2. The van der Waals surface area contributed by atoms with E-state index in [-0.39, 0.29) is 5.91 Å². The van der Waals surface area contributed by atoms with Gasteiger partial charge < -0.3 is 10.6 Å². The van der Waals surface area contributed by atoms with Gasteiger partial charge in [0, 0.05) is 18.3 Å². The van der Waals surface area contributed by atoms with Crippen molar-refractivity contribution >= 4 is 23.2 Å². The van der Waals surface area contributed by atoms with Crippen molar-refractivity contribution in [3.8, 4) is 0 Å². The molecule has 4 heteroatoms. The third kappa shape index (κ3) is 2.20. The molecule has 2 unspecified atom stereocenters. The number of nitrogens with zero attached hydrogens (tertiary/aromatic N) is 1. The van der Waals surface area contributed by atoms with Crippen LogP contribution in [0.1, 0.15) is 42.5 Å². The summed E-state index contributed by atoms with van der Waals surface area (Å²) in [6.45, 7) is 0.838. The number of amides is 1. The Hall–Kier alpha value is -1.22. The second-order valence-electron chi connectivity index (χ2n) is 5.60. The van der Waals surface area contributed by atoms with Gasteiger partial charge in [0.2, 0.25) is 0 Å². The number of carbonyl (C=O) groups excluding carboxylic acids is 1. The number of hydrogen-bond donors (Lipinski definition) is 1. The highest BCUT2D eigenvalue weighted by Gasteiger charge is 2.38. The number of halogens is 1. The standard InChI is InChI=1S/C15H19ClN2O/c16-11-6-2-7-12(17)14(11)15(19)18-9-3-5-10-4-1-8-13(10)18/h2,6-7,10,13H,1,3-5,8-9,17H2. The number of benzene rings is 1. The molecule has 1 heterocycles. The maximum atomic E-state index is 12.7. The zero-order valence-corrected chi connectivity index (χ0v) is 11.7. The highest BCUT2D eigenvalue weighted by Crippen LogP contribution is 2.38. The molecule has 0 radical (unpaired) electrons. The molecule has 19 heavy (non-hydrogen) atoms. The summed E-state index contributed by atoms with van der Waals surface area (Å²) >= 11 is 6.16. The molecule has 3 rings (SSSR count). The van der Waals surface area contributed by atoms with Gasteiger partial charge in [-0.05, 0) is 43.7 Å².